The third kappa shape index (κ3) is 3.69. The van der Waals surface area contributed by atoms with Crippen LogP contribution >= 0.6 is 0 Å². The highest BCUT2D eigenvalue weighted by Gasteiger charge is 2.21. The molecule has 2 rings (SSSR count). The van der Waals surface area contributed by atoms with Crippen LogP contribution < -0.4 is 10.2 Å². The van der Waals surface area contributed by atoms with E-state index in [1.165, 1.54) is 19.3 Å². The van der Waals surface area contributed by atoms with Crippen LogP contribution in [0.15, 0.2) is 18.2 Å². The molecule has 0 unspecified atom stereocenters. The van der Waals surface area contributed by atoms with E-state index >= 15 is 0 Å². The molecule has 1 aromatic rings. The zero-order valence-corrected chi connectivity index (χ0v) is 12.1. The molecule has 0 heterocycles. The average Bonchev–Trinajstić information content (AvgIpc) is 2.34. The molecular formula is C16H25FN2. The number of rotatable bonds is 7. The van der Waals surface area contributed by atoms with Gasteiger partial charge in [-0.3, -0.25) is 0 Å². The van der Waals surface area contributed by atoms with E-state index in [9.17, 15) is 4.39 Å². The third-order valence-electron chi connectivity index (χ3n) is 3.95. The van der Waals surface area contributed by atoms with Gasteiger partial charge in [0.15, 0.2) is 0 Å². The molecule has 0 aromatic heterocycles. The van der Waals surface area contributed by atoms with Crippen molar-refractivity contribution in [3.05, 3.63) is 29.6 Å². The first kappa shape index (κ1) is 14.3. The molecule has 0 aliphatic heterocycles. The number of benzene rings is 1. The van der Waals surface area contributed by atoms with Gasteiger partial charge in [-0.2, -0.15) is 0 Å². The minimum Gasteiger partial charge on any atom is -0.372 e. The number of para-hydroxylation sites is 1. The van der Waals surface area contributed by atoms with Crippen LogP contribution in [0, 0.1) is 11.7 Å². The van der Waals surface area contributed by atoms with Gasteiger partial charge in [0.1, 0.15) is 5.82 Å². The minimum absolute atomic E-state index is 0.0994. The van der Waals surface area contributed by atoms with E-state index in [-0.39, 0.29) is 5.82 Å². The molecule has 0 spiro atoms. The fourth-order valence-electron chi connectivity index (χ4n) is 2.68. The maximum atomic E-state index is 14.1. The Bertz CT molecular complexity index is 402. The first-order valence-electron chi connectivity index (χ1n) is 7.41. The van der Waals surface area contributed by atoms with E-state index in [2.05, 4.69) is 17.1 Å². The molecule has 0 atom stereocenters. The average molecular weight is 264 g/mol. The highest BCUT2D eigenvalue weighted by atomic mass is 19.1. The van der Waals surface area contributed by atoms with Crippen LogP contribution in [0.3, 0.4) is 0 Å². The quantitative estimate of drug-likeness (QED) is 0.758. The number of halogens is 1. The Morgan fingerprint density at radius 3 is 2.79 bits per heavy atom. The summed E-state index contributed by atoms with van der Waals surface area (Å²) in [5.41, 5.74) is 1.84. The molecule has 0 radical (unpaired) electrons. The van der Waals surface area contributed by atoms with Crippen molar-refractivity contribution in [3.63, 3.8) is 0 Å². The molecule has 3 heteroatoms. The molecule has 1 fully saturated rings. The smallest absolute Gasteiger partial charge is 0.146 e. The van der Waals surface area contributed by atoms with E-state index in [4.69, 9.17) is 0 Å². The predicted molar refractivity (Wildman–Crippen MR) is 79.0 cm³/mol. The number of hydrogen-bond acceptors (Lipinski definition) is 2. The highest BCUT2D eigenvalue weighted by molar-refractivity contribution is 5.54. The van der Waals surface area contributed by atoms with Crippen LogP contribution in [0.2, 0.25) is 0 Å². The normalized spacial score (nSPS) is 15.3. The van der Waals surface area contributed by atoms with Crippen LogP contribution in [-0.4, -0.2) is 20.1 Å². The first-order chi connectivity index (χ1) is 9.22. The summed E-state index contributed by atoms with van der Waals surface area (Å²) in [4.78, 5) is 2.10. The number of anilines is 1. The first-order valence-corrected chi connectivity index (χ1v) is 7.41. The summed E-state index contributed by atoms with van der Waals surface area (Å²) < 4.78 is 14.1. The Labute approximate surface area is 116 Å². The predicted octanol–water partition coefficient (Wildman–Crippen LogP) is 3.56. The van der Waals surface area contributed by atoms with Crippen molar-refractivity contribution in [3.8, 4) is 0 Å². The Kier molecular flexibility index (Phi) is 5.20. The van der Waals surface area contributed by atoms with Crippen molar-refractivity contribution < 1.29 is 4.39 Å². The fraction of sp³-hybridized carbons (Fsp3) is 0.625. The van der Waals surface area contributed by atoms with Crippen molar-refractivity contribution in [1.29, 1.82) is 0 Å². The van der Waals surface area contributed by atoms with Gasteiger partial charge in [0, 0.05) is 20.1 Å². The lowest BCUT2D eigenvalue weighted by atomic mass is 9.85. The molecule has 19 heavy (non-hydrogen) atoms. The van der Waals surface area contributed by atoms with Gasteiger partial charge >= 0.3 is 0 Å². The lowest BCUT2D eigenvalue weighted by Crippen LogP contribution is -2.31. The molecule has 1 saturated carbocycles. The second kappa shape index (κ2) is 6.90. The van der Waals surface area contributed by atoms with Gasteiger partial charge in [-0.05, 0) is 43.4 Å². The van der Waals surface area contributed by atoms with Crippen LogP contribution in [0.1, 0.15) is 38.2 Å². The molecule has 106 valence electrons. The summed E-state index contributed by atoms with van der Waals surface area (Å²) in [5, 5.41) is 3.36. The Morgan fingerprint density at radius 1 is 1.37 bits per heavy atom. The molecule has 1 aliphatic carbocycles. The largest absolute Gasteiger partial charge is 0.372 e. The second-order valence-corrected chi connectivity index (χ2v) is 5.60. The fourth-order valence-corrected chi connectivity index (χ4v) is 2.68. The summed E-state index contributed by atoms with van der Waals surface area (Å²) in [6.45, 7) is 4.84. The Morgan fingerprint density at radius 2 is 2.16 bits per heavy atom. The number of nitrogens with zero attached hydrogens (tertiary/aromatic N) is 1. The summed E-state index contributed by atoms with van der Waals surface area (Å²) in [7, 11) is 2.01. The molecule has 0 saturated heterocycles. The lowest BCUT2D eigenvalue weighted by molar-refractivity contribution is 0.320. The van der Waals surface area contributed by atoms with Crippen molar-refractivity contribution in [2.75, 3.05) is 25.0 Å². The molecule has 1 aromatic carbocycles. The van der Waals surface area contributed by atoms with Crippen molar-refractivity contribution in [1.82, 2.24) is 5.32 Å². The van der Waals surface area contributed by atoms with Gasteiger partial charge in [0.05, 0.1) is 5.69 Å². The highest BCUT2D eigenvalue weighted by Crippen LogP contribution is 2.30. The molecule has 0 amide bonds. The molecular weight excluding hydrogens is 239 g/mol. The van der Waals surface area contributed by atoms with Gasteiger partial charge in [0.2, 0.25) is 0 Å². The monoisotopic (exact) mass is 264 g/mol. The minimum atomic E-state index is -0.0994. The van der Waals surface area contributed by atoms with Crippen molar-refractivity contribution in [2.24, 2.45) is 5.92 Å². The standard InChI is InChI=1S/C16H25FN2/c1-3-10-18-11-14-8-5-9-15(17)16(14)19(2)12-13-6-4-7-13/h5,8-9,13,18H,3-4,6-7,10-12H2,1-2H3. The number of hydrogen-bond donors (Lipinski definition) is 1. The van der Waals surface area contributed by atoms with Crippen LogP contribution in [0.5, 0.6) is 0 Å². The topological polar surface area (TPSA) is 15.3 Å². The van der Waals surface area contributed by atoms with E-state index < -0.39 is 0 Å². The molecule has 1 aliphatic rings. The zero-order valence-electron chi connectivity index (χ0n) is 12.1. The van der Waals surface area contributed by atoms with E-state index in [0.29, 0.717) is 0 Å². The van der Waals surface area contributed by atoms with Crippen LogP contribution in [0.25, 0.3) is 0 Å². The lowest BCUT2D eigenvalue weighted by Gasteiger charge is -2.32. The van der Waals surface area contributed by atoms with E-state index in [1.54, 1.807) is 12.1 Å². The van der Waals surface area contributed by atoms with Crippen molar-refractivity contribution in [2.45, 2.75) is 39.2 Å². The molecule has 0 bridgehead atoms. The van der Waals surface area contributed by atoms with Gasteiger partial charge in [0.25, 0.3) is 0 Å². The SMILES string of the molecule is CCCNCc1cccc(F)c1N(C)CC1CCC1. The van der Waals surface area contributed by atoms with Gasteiger partial charge < -0.3 is 10.2 Å². The zero-order chi connectivity index (χ0) is 13.7. The summed E-state index contributed by atoms with van der Waals surface area (Å²) in [6.07, 6.45) is 5.02. The molecule has 1 N–H and O–H groups in total. The Balaban J connectivity index is 2.06. The van der Waals surface area contributed by atoms with Gasteiger partial charge in [-0.25, -0.2) is 4.39 Å². The van der Waals surface area contributed by atoms with Gasteiger partial charge in [-0.15, -0.1) is 0 Å². The maximum absolute atomic E-state index is 14.1. The second-order valence-electron chi connectivity index (χ2n) is 5.60. The van der Waals surface area contributed by atoms with Crippen LogP contribution in [-0.2, 0) is 6.54 Å². The summed E-state index contributed by atoms with van der Waals surface area (Å²) >= 11 is 0. The number of nitrogens with one attached hydrogen (secondary N) is 1. The van der Waals surface area contributed by atoms with E-state index in [0.717, 1.165) is 43.2 Å². The summed E-state index contributed by atoms with van der Waals surface area (Å²) in [6, 6.07) is 5.40. The van der Waals surface area contributed by atoms with Crippen molar-refractivity contribution >= 4 is 5.69 Å². The molecule has 2 nitrogen and oxygen atoms in total. The van der Waals surface area contributed by atoms with Gasteiger partial charge in [-0.1, -0.05) is 25.5 Å². The van der Waals surface area contributed by atoms with E-state index in [1.807, 2.05) is 13.1 Å². The summed E-state index contributed by atoms with van der Waals surface area (Å²) in [5.74, 6) is 0.652. The maximum Gasteiger partial charge on any atom is 0.146 e. The Hall–Kier alpha value is -1.09. The third-order valence-corrected chi connectivity index (χ3v) is 3.95. The van der Waals surface area contributed by atoms with Crippen LogP contribution in [0.4, 0.5) is 10.1 Å².